The average Bonchev–Trinajstić information content (AvgIpc) is 2.54. The Hall–Kier alpha value is -1.59. The van der Waals surface area contributed by atoms with Crippen LogP contribution in [0.2, 0.25) is 5.02 Å². The van der Waals surface area contributed by atoms with Crippen LogP contribution in [-0.2, 0) is 9.59 Å². The molecule has 1 aliphatic rings. The predicted molar refractivity (Wildman–Crippen MR) is 89.1 cm³/mol. The van der Waals surface area contributed by atoms with Crippen LogP contribution in [0.15, 0.2) is 24.3 Å². The van der Waals surface area contributed by atoms with E-state index in [-0.39, 0.29) is 30.8 Å². The fourth-order valence-electron chi connectivity index (χ4n) is 2.76. The molecule has 0 bridgehead atoms. The molecular weight excluding hydrogens is 316 g/mol. The SMILES string of the molecule is O=C(CC(O)c1ccc(Cl)cc1)NCC(=O)NC1CCCCC1. The number of carbonyl (C=O) groups excluding carboxylic acids is 2. The van der Waals surface area contributed by atoms with Crippen molar-refractivity contribution in [2.75, 3.05) is 6.54 Å². The van der Waals surface area contributed by atoms with Crippen molar-refractivity contribution in [3.8, 4) is 0 Å². The van der Waals surface area contributed by atoms with Crippen molar-refractivity contribution in [1.82, 2.24) is 10.6 Å². The summed E-state index contributed by atoms with van der Waals surface area (Å²) in [5.41, 5.74) is 0.621. The number of rotatable bonds is 6. The van der Waals surface area contributed by atoms with E-state index in [0.29, 0.717) is 10.6 Å². The monoisotopic (exact) mass is 338 g/mol. The number of benzene rings is 1. The molecule has 1 fully saturated rings. The van der Waals surface area contributed by atoms with E-state index in [9.17, 15) is 14.7 Å². The highest BCUT2D eigenvalue weighted by molar-refractivity contribution is 6.30. The zero-order chi connectivity index (χ0) is 16.7. The predicted octanol–water partition coefficient (Wildman–Crippen LogP) is 2.33. The molecule has 126 valence electrons. The molecule has 1 aromatic carbocycles. The first-order chi connectivity index (χ1) is 11.0. The Morgan fingerprint density at radius 2 is 1.78 bits per heavy atom. The van der Waals surface area contributed by atoms with Crippen molar-refractivity contribution in [3.05, 3.63) is 34.9 Å². The van der Waals surface area contributed by atoms with Gasteiger partial charge in [0.2, 0.25) is 11.8 Å². The van der Waals surface area contributed by atoms with Crippen LogP contribution in [0.5, 0.6) is 0 Å². The number of amides is 2. The van der Waals surface area contributed by atoms with Gasteiger partial charge in [-0.1, -0.05) is 43.0 Å². The molecule has 1 saturated carbocycles. The van der Waals surface area contributed by atoms with E-state index in [1.165, 1.54) is 6.42 Å². The first-order valence-electron chi connectivity index (χ1n) is 8.04. The standard InChI is InChI=1S/C17H23ClN2O3/c18-13-8-6-12(7-9-13)15(21)10-16(22)19-11-17(23)20-14-4-2-1-3-5-14/h6-9,14-15,21H,1-5,10-11H2,(H,19,22)(H,20,23). The molecule has 0 saturated heterocycles. The van der Waals surface area contributed by atoms with Crippen LogP contribution >= 0.6 is 11.6 Å². The number of carbonyl (C=O) groups is 2. The highest BCUT2D eigenvalue weighted by Gasteiger charge is 2.17. The van der Waals surface area contributed by atoms with E-state index < -0.39 is 6.10 Å². The minimum atomic E-state index is -0.909. The number of aliphatic hydroxyl groups excluding tert-OH is 1. The van der Waals surface area contributed by atoms with Gasteiger partial charge in [-0.3, -0.25) is 9.59 Å². The van der Waals surface area contributed by atoms with Crippen LogP contribution in [0.3, 0.4) is 0 Å². The molecule has 3 N–H and O–H groups in total. The summed E-state index contributed by atoms with van der Waals surface area (Å²) in [6, 6.07) is 6.91. The van der Waals surface area contributed by atoms with Gasteiger partial charge >= 0.3 is 0 Å². The maximum atomic E-state index is 11.8. The van der Waals surface area contributed by atoms with E-state index in [1.807, 2.05) is 0 Å². The molecule has 1 unspecified atom stereocenters. The van der Waals surface area contributed by atoms with Crippen LogP contribution in [0.4, 0.5) is 0 Å². The summed E-state index contributed by atoms with van der Waals surface area (Å²) in [6.45, 7) is -0.0529. The van der Waals surface area contributed by atoms with Gasteiger partial charge in [-0.25, -0.2) is 0 Å². The smallest absolute Gasteiger partial charge is 0.239 e. The third-order valence-electron chi connectivity index (χ3n) is 4.05. The summed E-state index contributed by atoms with van der Waals surface area (Å²) in [5, 5.41) is 16.1. The van der Waals surface area contributed by atoms with Gasteiger partial charge in [0.25, 0.3) is 0 Å². The maximum absolute atomic E-state index is 11.8. The molecule has 0 heterocycles. The van der Waals surface area contributed by atoms with Gasteiger partial charge < -0.3 is 15.7 Å². The number of nitrogens with one attached hydrogen (secondary N) is 2. The minimum absolute atomic E-state index is 0.0529. The number of aliphatic hydroxyl groups is 1. The second kappa shape index (κ2) is 8.89. The molecule has 1 atom stereocenters. The molecule has 1 aliphatic carbocycles. The normalized spacial score (nSPS) is 16.6. The van der Waals surface area contributed by atoms with Gasteiger partial charge in [0, 0.05) is 11.1 Å². The largest absolute Gasteiger partial charge is 0.388 e. The zero-order valence-corrected chi connectivity index (χ0v) is 13.8. The molecule has 0 spiro atoms. The molecule has 5 nitrogen and oxygen atoms in total. The van der Waals surface area contributed by atoms with Gasteiger partial charge in [-0.15, -0.1) is 0 Å². The van der Waals surface area contributed by atoms with Crippen molar-refractivity contribution in [1.29, 1.82) is 0 Å². The Bertz CT molecular complexity index is 527. The average molecular weight is 339 g/mol. The van der Waals surface area contributed by atoms with Crippen LogP contribution in [-0.4, -0.2) is 29.5 Å². The fourth-order valence-corrected chi connectivity index (χ4v) is 2.88. The lowest BCUT2D eigenvalue weighted by atomic mass is 9.95. The topological polar surface area (TPSA) is 78.4 Å². The Labute approximate surface area is 141 Å². The third-order valence-corrected chi connectivity index (χ3v) is 4.30. The molecule has 0 aromatic heterocycles. The third kappa shape index (κ3) is 6.20. The summed E-state index contributed by atoms with van der Waals surface area (Å²) >= 11 is 5.78. The molecule has 23 heavy (non-hydrogen) atoms. The van der Waals surface area contributed by atoms with Gasteiger partial charge in [-0.2, -0.15) is 0 Å². The van der Waals surface area contributed by atoms with Crippen molar-refractivity contribution in [2.24, 2.45) is 0 Å². The number of hydrogen-bond acceptors (Lipinski definition) is 3. The molecule has 6 heteroatoms. The summed E-state index contributed by atoms with van der Waals surface area (Å²) in [5.74, 6) is -0.530. The summed E-state index contributed by atoms with van der Waals surface area (Å²) < 4.78 is 0. The highest BCUT2D eigenvalue weighted by Crippen LogP contribution is 2.19. The van der Waals surface area contributed by atoms with Crippen molar-refractivity contribution in [3.63, 3.8) is 0 Å². The van der Waals surface area contributed by atoms with Gasteiger partial charge in [0.1, 0.15) is 0 Å². The van der Waals surface area contributed by atoms with E-state index >= 15 is 0 Å². The van der Waals surface area contributed by atoms with E-state index in [2.05, 4.69) is 10.6 Å². The molecule has 0 radical (unpaired) electrons. The van der Waals surface area contributed by atoms with Crippen molar-refractivity contribution >= 4 is 23.4 Å². The lowest BCUT2D eigenvalue weighted by molar-refractivity contribution is -0.127. The van der Waals surface area contributed by atoms with E-state index in [4.69, 9.17) is 11.6 Å². The first kappa shape index (κ1) is 17.8. The van der Waals surface area contributed by atoms with E-state index in [1.54, 1.807) is 24.3 Å². The lowest BCUT2D eigenvalue weighted by Gasteiger charge is -2.22. The Balaban J connectivity index is 1.69. The lowest BCUT2D eigenvalue weighted by Crippen LogP contribution is -2.42. The number of hydrogen-bond donors (Lipinski definition) is 3. The maximum Gasteiger partial charge on any atom is 0.239 e. The van der Waals surface area contributed by atoms with Gasteiger partial charge in [-0.05, 0) is 30.5 Å². The van der Waals surface area contributed by atoms with Crippen LogP contribution in [0.1, 0.15) is 50.2 Å². The first-order valence-corrected chi connectivity index (χ1v) is 8.42. The highest BCUT2D eigenvalue weighted by atomic mass is 35.5. The van der Waals surface area contributed by atoms with Crippen molar-refractivity contribution < 1.29 is 14.7 Å². The van der Waals surface area contributed by atoms with Crippen LogP contribution < -0.4 is 10.6 Å². The zero-order valence-electron chi connectivity index (χ0n) is 13.1. The molecule has 1 aromatic rings. The quantitative estimate of drug-likeness (QED) is 0.745. The molecule has 2 amide bonds. The van der Waals surface area contributed by atoms with Gasteiger partial charge in [0.05, 0.1) is 19.1 Å². The fraction of sp³-hybridized carbons (Fsp3) is 0.529. The summed E-state index contributed by atoms with van der Waals surface area (Å²) in [6.07, 6.45) is 4.54. The Kier molecular flexibility index (Phi) is 6.86. The van der Waals surface area contributed by atoms with E-state index in [0.717, 1.165) is 25.7 Å². The second-order valence-electron chi connectivity index (χ2n) is 5.95. The van der Waals surface area contributed by atoms with Crippen LogP contribution in [0.25, 0.3) is 0 Å². The van der Waals surface area contributed by atoms with Gasteiger partial charge in [0.15, 0.2) is 0 Å². The molecule has 0 aliphatic heterocycles. The minimum Gasteiger partial charge on any atom is -0.388 e. The molecule has 2 rings (SSSR count). The summed E-state index contributed by atoms with van der Waals surface area (Å²) in [4.78, 5) is 23.6. The second-order valence-corrected chi connectivity index (χ2v) is 6.39. The number of halogens is 1. The van der Waals surface area contributed by atoms with Crippen LogP contribution in [0, 0.1) is 0 Å². The Morgan fingerprint density at radius 3 is 2.43 bits per heavy atom. The Morgan fingerprint density at radius 1 is 1.13 bits per heavy atom. The summed E-state index contributed by atoms with van der Waals surface area (Å²) in [7, 11) is 0. The molecular formula is C17H23ClN2O3. The van der Waals surface area contributed by atoms with Crippen molar-refractivity contribution in [2.45, 2.75) is 50.7 Å².